The standard InChI is InChI=1S/C19H20N2O3S2/c1-20-12-13(14-7-4-5-8-15(14)20)11-16-18(24)21(19(25)26-16)10-6-2-3-9-17(22)23/h4-5,7-8,11-12H,2-3,6,9-10H2,1H3,(H,22,23). The molecule has 1 aliphatic rings. The van der Waals surface area contributed by atoms with E-state index in [0.29, 0.717) is 22.2 Å². The van der Waals surface area contributed by atoms with Gasteiger partial charge in [-0.15, -0.1) is 0 Å². The minimum absolute atomic E-state index is 0.0637. The Bertz CT molecular complexity index is 901. The number of unbranched alkanes of at least 4 members (excludes halogenated alkanes) is 2. The molecule has 1 saturated heterocycles. The summed E-state index contributed by atoms with van der Waals surface area (Å²) >= 11 is 6.69. The van der Waals surface area contributed by atoms with Crippen LogP contribution in [-0.4, -0.2) is 37.3 Å². The number of carboxylic acids is 1. The molecule has 3 rings (SSSR count). The average Bonchev–Trinajstić information content (AvgIpc) is 3.06. The van der Waals surface area contributed by atoms with Gasteiger partial charge in [0.15, 0.2) is 0 Å². The molecule has 1 aliphatic heterocycles. The maximum atomic E-state index is 12.7. The van der Waals surface area contributed by atoms with Crippen LogP contribution in [0.25, 0.3) is 17.0 Å². The lowest BCUT2D eigenvalue weighted by molar-refractivity contribution is -0.137. The quantitative estimate of drug-likeness (QED) is 0.441. The molecule has 136 valence electrons. The molecule has 0 atom stereocenters. The van der Waals surface area contributed by atoms with Crippen molar-refractivity contribution in [3.8, 4) is 0 Å². The second-order valence-electron chi connectivity index (χ2n) is 6.25. The van der Waals surface area contributed by atoms with Crippen molar-refractivity contribution in [1.82, 2.24) is 9.47 Å². The highest BCUT2D eigenvalue weighted by atomic mass is 32.2. The van der Waals surface area contributed by atoms with Crippen molar-refractivity contribution in [2.75, 3.05) is 6.54 Å². The van der Waals surface area contributed by atoms with Gasteiger partial charge in [0.05, 0.1) is 4.91 Å². The van der Waals surface area contributed by atoms with E-state index in [1.807, 2.05) is 42.1 Å². The van der Waals surface area contributed by atoms with Gasteiger partial charge in [-0.1, -0.05) is 48.6 Å². The number of carbonyl (C=O) groups is 2. The van der Waals surface area contributed by atoms with Gasteiger partial charge in [0.1, 0.15) is 4.32 Å². The van der Waals surface area contributed by atoms with E-state index in [2.05, 4.69) is 6.07 Å². The molecule has 0 bridgehead atoms. The Morgan fingerprint density at radius 1 is 1.27 bits per heavy atom. The number of amides is 1. The number of fused-ring (bicyclic) bond motifs is 1. The Morgan fingerprint density at radius 3 is 2.81 bits per heavy atom. The predicted octanol–water partition coefficient (Wildman–Crippen LogP) is 4.02. The Morgan fingerprint density at radius 2 is 2.04 bits per heavy atom. The molecule has 2 aromatic rings. The first-order valence-electron chi connectivity index (χ1n) is 8.48. The summed E-state index contributed by atoms with van der Waals surface area (Å²) in [5, 5.41) is 9.77. The average molecular weight is 389 g/mol. The molecule has 7 heteroatoms. The van der Waals surface area contributed by atoms with Crippen molar-refractivity contribution in [1.29, 1.82) is 0 Å². The van der Waals surface area contributed by atoms with Crippen molar-refractivity contribution in [3.63, 3.8) is 0 Å². The van der Waals surface area contributed by atoms with Crippen molar-refractivity contribution in [3.05, 3.63) is 40.9 Å². The van der Waals surface area contributed by atoms with E-state index in [1.54, 1.807) is 4.90 Å². The van der Waals surface area contributed by atoms with Crippen LogP contribution in [0.5, 0.6) is 0 Å². The zero-order chi connectivity index (χ0) is 18.7. The molecular formula is C19H20N2O3S2. The molecule has 1 N–H and O–H groups in total. The first kappa shape index (κ1) is 18.7. The largest absolute Gasteiger partial charge is 0.481 e. The zero-order valence-electron chi connectivity index (χ0n) is 14.5. The lowest BCUT2D eigenvalue weighted by atomic mass is 10.1. The monoisotopic (exact) mass is 388 g/mol. The number of hydrogen-bond donors (Lipinski definition) is 1. The number of aromatic nitrogens is 1. The summed E-state index contributed by atoms with van der Waals surface area (Å²) in [6.07, 6.45) is 6.23. The van der Waals surface area contributed by atoms with Crippen molar-refractivity contribution < 1.29 is 14.7 Å². The fourth-order valence-electron chi connectivity index (χ4n) is 3.04. The number of nitrogens with zero attached hydrogens (tertiary/aromatic N) is 2. The summed E-state index contributed by atoms with van der Waals surface area (Å²) in [5.74, 6) is -0.847. The topological polar surface area (TPSA) is 62.5 Å². The maximum absolute atomic E-state index is 12.7. The van der Waals surface area contributed by atoms with Crippen LogP contribution < -0.4 is 0 Å². The van der Waals surface area contributed by atoms with Crippen LogP contribution >= 0.6 is 24.0 Å². The van der Waals surface area contributed by atoms with Crippen molar-refractivity contribution in [2.45, 2.75) is 25.7 Å². The van der Waals surface area contributed by atoms with E-state index >= 15 is 0 Å². The fourth-order valence-corrected chi connectivity index (χ4v) is 4.34. The Labute approximate surface area is 161 Å². The van der Waals surface area contributed by atoms with Gasteiger partial charge in [0.2, 0.25) is 0 Å². The molecule has 5 nitrogen and oxygen atoms in total. The van der Waals surface area contributed by atoms with E-state index in [1.165, 1.54) is 11.8 Å². The molecule has 0 spiro atoms. The third-order valence-corrected chi connectivity index (χ3v) is 5.74. The van der Waals surface area contributed by atoms with E-state index in [-0.39, 0.29) is 12.3 Å². The molecule has 1 amide bonds. The van der Waals surface area contributed by atoms with E-state index < -0.39 is 5.97 Å². The van der Waals surface area contributed by atoms with Gasteiger partial charge in [-0.2, -0.15) is 0 Å². The molecule has 0 aliphatic carbocycles. The highest BCUT2D eigenvalue weighted by molar-refractivity contribution is 8.26. The normalized spacial score (nSPS) is 16.2. The molecule has 1 aromatic heterocycles. The SMILES string of the molecule is Cn1cc(C=C2SC(=S)N(CCCCCC(=O)O)C2=O)c2ccccc21. The van der Waals surface area contributed by atoms with Crippen LogP contribution in [0.3, 0.4) is 0 Å². The highest BCUT2D eigenvalue weighted by Crippen LogP contribution is 2.34. The lowest BCUT2D eigenvalue weighted by Crippen LogP contribution is -2.29. The number of para-hydroxylation sites is 1. The van der Waals surface area contributed by atoms with Gasteiger partial charge in [-0.05, 0) is 25.0 Å². The molecule has 0 unspecified atom stereocenters. The summed E-state index contributed by atoms with van der Waals surface area (Å²) in [4.78, 5) is 25.5. The van der Waals surface area contributed by atoms with Crippen LogP contribution in [0.15, 0.2) is 35.4 Å². The fraction of sp³-hybridized carbons (Fsp3) is 0.316. The number of benzene rings is 1. The number of thiocarbonyl (C=S) groups is 1. The predicted molar refractivity (Wildman–Crippen MR) is 109 cm³/mol. The van der Waals surface area contributed by atoms with Crippen LogP contribution in [0.1, 0.15) is 31.2 Å². The molecule has 2 heterocycles. The summed E-state index contributed by atoms with van der Waals surface area (Å²) in [5.41, 5.74) is 2.12. The summed E-state index contributed by atoms with van der Waals surface area (Å²) in [6, 6.07) is 8.08. The smallest absolute Gasteiger partial charge is 0.303 e. The number of carbonyl (C=O) groups excluding carboxylic acids is 1. The maximum Gasteiger partial charge on any atom is 0.303 e. The molecule has 0 radical (unpaired) electrons. The van der Waals surface area contributed by atoms with Gasteiger partial charge >= 0.3 is 5.97 Å². The Kier molecular flexibility index (Phi) is 5.78. The van der Waals surface area contributed by atoms with E-state index in [4.69, 9.17) is 17.3 Å². The molecule has 26 heavy (non-hydrogen) atoms. The number of aliphatic carboxylic acids is 1. The van der Waals surface area contributed by atoms with Gasteiger partial charge in [-0.25, -0.2) is 0 Å². The Balaban J connectivity index is 1.70. The first-order chi connectivity index (χ1) is 12.5. The van der Waals surface area contributed by atoms with Gasteiger partial charge < -0.3 is 9.67 Å². The second-order valence-corrected chi connectivity index (χ2v) is 7.93. The second kappa shape index (κ2) is 8.05. The lowest BCUT2D eigenvalue weighted by Gasteiger charge is -2.13. The van der Waals surface area contributed by atoms with Gasteiger partial charge in [-0.3, -0.25) is 14.5 Å². The third kappa shape index (κ3) is 3.99. The van der Waals surface area contributed by atoms with Gasteiger partial charge in [0.25, 0.3) is 5.91 Å². The van der Waals surface area contributed by atoms with E-state index in [9.17, 15) is 9.59 Å². The number of aryl methyl sites for hydroxylation is 1. The first-order valence-corrected chi connectivity index (χ1v) is 9.71. The van der Waals surface area contributed by atoms with Crippen LogP contribution in [-0.2, 0) is 16.6 Å². The van der Waals surface area contributed by atoms with Crippen LogP contribution in [0.2, 0.25) is 0 Å². The molecule has 0 saturated carbocycles. The molecule has 1 fully saturated rings. The van der Waals surface area contributed by atoms with Crippen molar-refractivity contribution in [2.24, 2.45) is 7.05 Å². The summed E-state index contributed by atoms with van der Waals surface area (Å²) in [6.45, 7) is 0.539. The number of hydrogen-bond acceptors (Lipinski definition) is 4. The minimum atomic E-state index is -0.784. The van der Waals surface area contributed by atoms with E-state index in [0.717, 1.165) is 29.3 Å². The number of thioether (sulfide) groups is 1. The van der Waals surface area contributed by atoms with Crippen molar-refractivity contribution >= 4 is 57.2 Å². The molecular weight excluding hydrogens is 368 g/mol. The van der Waals surface area contributed by atoms with Crippen LogP contribution in [0.4, 0.5) is 0 Å². The van der Waals surface area contributed by atoms with Gasteiger partial charge in [0, 0.05) is 42.7 Å². The summed E-state index contributed by atoms with van der Waals surface area (Å²) < 4.78 is 2.62. The summed E-state index contributed by atoms with van der Waals surface area (Å²) in [7, 11) is 1.99. The molecule has 1 aromatic carbocycles. The third-order valence-electron chi connectivity index (χ3n) is 4.36. The zero-order valence-corrected chi connectivity index (χ0v) is 16.1. The Hall–Kier alpha value is -2.12. The van der Waals surface area contributed by atoms with Crippen LogP contribution in [0, 0.1) is 0 Å². The highest BCUT2D eigenvalue weighted by Gasteiger charge is 2.31. The number of carboxylic acid groups (broad SMARTS) is 1. The minimum Gasteiger partial charge on any atom is -0.481 e. The number of rotatable bonds is 7.